The minimum absolute atomic E-state index is 0. The van der Waals surface area contributed by atoms with Crippen LogP contribution in [0.1, 0.15) is 5.56 Å². The van der Waals surface area contributed by atoms with Gasteiger partial charge in [-0.3, -0.25) is 9.69 Å². The molecule has 3 aromatic rings. The van der Waals surface area contributed by atoms with Gasteiger partial charge in [0, 0.05) is 25.2 Å². The van der Waals surface area contributed by atoms with Crippen LogP contribution in [-0.2, 0) is 4.79 Å². The molecule has 0 aliphatic carbocycles. The van der Waals surface area contributed by atoms with E-state index in [-0.39, 0.29) is 30.6 Å². The van der Waals surface area contributed by atoms with Gasteiger partial charge in [0.15, 0.2) is 22.4 Å². The first kappa shape index (κ1) is 22.9. The molecule has 31 heavy (non-hydrogen) atoms. The Balaban J connectivity index is 0.00000272. The number of fused-ring (bicyclic) bond motifs is 2. The average Bonchev–Trinajstić information content (AvgIpc) is 3.32. The van der Waals surface area contributed by atoms with E-state index in [1.165, 1.54) is 17.0 Å². The first-order chi connectivity index (χ1) is 14.4. The Morgan fingerprint density at radius 3 is 2.71 bits per heavy atom. The second-order valence-corrected chi connectivity index (χ2v) is 7.98. The van der Waals surface area contributed by atoms with Gasteiger partial charge in [-0.2, -0.15) is 0 Å². The van der Waals surface area contributed by atoms with Crippen molar-refractivity contribution in [2.45, 2.75) is 0 Å². The van der Waals surface area contributed by atoms with Crippen LogP contribution in [0.5, 0.6) is 11.5 Å². The highest BCUT2D eigenvalue weighted by Crippen LogP contribution is 2.33. The van der Waals surface area contributed by atoms with Crippen LogP contribution in [0.2, 0.25) is 0 Å². The average molecular weight is 468 g/mol. The van der Waals surface area contributed by atoms with Crippen LogP contribution >= 0.6 is 23.7 Å². The largest absolute Gasteiger partial charge is 0.454 e. The second kappa shape index (κ2) is 9.59. The third-order valence-electron chi connectivity index (χ3n) is 4.48. The van der Waals surface area contributed by atoms with Crippen molar-refractivity contribution in [1.29, 1.82) is 0 Å². The van der Waals surface area contributed by atoms with Crippen molar-refractivity contribution >= 4 is 51.1 Å². The van der Waals surface area contributed by atoms with E-state index in [1.807, 2.05) is 25.1 Å². The molecule has 2 heterocycles. The molecular weight excluding hydrogens is 448 g/mol. The smallest absolute Gasteiger partial charge is 0.252 e. The quantitative estimate of drug-likeness (QED) is 0.505. The van der Waals surface area contributed by atoms with Gasteiger partial charge in [-0.25, -0.2) is 13.8 Å². The molecule has 4 rings (SSSR count). The molecule has 0 unspecified atom stereocenters. The molecule has 0 bridgehead atoms. The fourth-order valence-corrected chi connectivity index (χ4v) is 3.97. The minimum atomic E-state index is -0.747. The summed E-state index contributed by atoms with van der Waals surface area (Å²) in [6, 6.07) is 7.39. The third kappa shape index (κ3) is 5.12. The van der Waals surface area contributed by atoms with E-state index in [4.69, 9.17) is 9.47 Å². The molecule has 0 saturated heterocycles. The van der Waals surface area contributed by atoms with Gasteiger partial charge >= 0.3 is 0 Å². The molecule has 10 heteroatoms. The maximum atomic E-state index is 14.1. The molecule has 6 nitrogen and oxygen atoms in total. The number of ether oxygens (including phenoxy) is 2. The molecule has 0 saturated carbocycles. The van der Waals surface area contributed by atoms with Crippen LogP contribution in [0.15, 0.2) is 36.4 Å². The molecule has 1 aromatic heterocycles. The lowest BCUT2D eigenvalue weighted by Crippen LogP contribution is -2.35. The first-order valence-corrected chi connectivity index (χ1v) is 10.0. The lowest BCUT2D eigenvalue weighted by Gasteiger charge is -2.20. The Labute approximate surface area is 188 Å². The number of thiazole rings is 1. The van der Waals surface area contributed by atoms with Gasteiger partial charge in [-0.1, -0.05) is 17.4 Å². The molecule has 0 radical (unpaired) electrons. The van der Waals surface area contributed by atoms with Gasteiger partial charge < -0.3 is 14.4 Å². The number of likely N-dealkylation sites (N-methyl/N-ethyl adjacent to an activating group) is 1. The number of benzene rings is 2. The number of hydrogen-bond acceptors (Lipinski definition) is 6. The summed E-state index contributed by atoms with van der Waals surface area (Å²) in [5.41, 5.74) is 0.830. The number of aromatic nitrogens is 1. The highest BCUT2D eigenvalue weighted by Gasteiger charge is 2.20. The van der Waals surface area contributed by atoms with E-state index in [2.05, 4.69) is 4.98 Å². The Kier molecular flexibility index (Phi) is 7.09. The Hall–Kier alpha value is -2.75. The van der Waals surface area contributed by atoms with Crippen LogP contribution in [0.4, 0.5) is 13.9 Å². The van der Waals surface area contributed by atoms with E-state index in [1.54, 1.807) is 18.2 Å². The van der Waals surface area contributed by atoms with Crippen molar-refractivity contribution in [3.63, 3.8) is 0 Å². The maximum Gasteiger partial charge on any atom is 0.252 e. The fourth-order valence-electron chi connectivity index (χ4n) is 2.94. The molecule has 0 spiro atoms. The minimum Gasteiger partial charge on any atom is -0.454 e. The number of amides is 1. The zero-order valence-corrected chi connectivity index (χ0v) is 18.4. The van der Waals surface area contributed by atoms with Crippen molar-refractivity contribution in [2.75, 3.05) is 38.9 Å². The van der Waals surface area contributed by atoms with Gasteiger partial charge in [0.2, 0.25) is 6.79 Å². The van der Waals surface area contributed by atoms with E-state index in [9.17, 15) is 13.6 Å². The van der Waals surface area contributed by atoms with Gasteiger partial charge in [0.25, 0.3) is 5.91 Å². The normalized spacial score (nSPS) is 12.5. The molecule has 0 fully saturated rings. The van der Waals surface area contributed by atoms with Gasteiger partial charge in [0.1, 0.15) is 11.3 Å². The lowest BCUT2D eigenvalue weighted by atomic mass is 10.2. The molecule has 1 aliphatic rings. The van der Waals surface area contributed by atoms with Crippen molar-refractivity contribution in [1.82, 2.24) is 9.88 Å². The highest BCUT2D eigenvalue weighted by atomic mass is 35.5. The zero-order chi connectivity index (χ0) is 21.3. The Morgan fingerprint density at radius 1 is 1.16 bits per heavy atom. The second-order valence-electron chi connectivity index (χ2n) is 6.97. The number of rotatable bonds is 6. The van der Waals surface area contributed by atoms with Gasteiger partial charge in [0.05, 0.1) is 4.70 Å². The number of hydrogen-bond donors (Lipinski definition) is 0. The predicted octanol–water partition coefficient (Wildman–Crippen LogP) is 4.33. The predicted molar refractivity (Wildman–Crippen MR) is 119 cm³/mol. The molecule has 2 aromatic carbocycles. The van der Waals surface area contributed by atoms with Gasteiger partial charge in [-0.05, 0) is 43.9 Å². The summed E-state index contributed by atoms with van der Waals surface area (Å²) in [4.78, 5) is 20.6. The molecule has 1 amide bonds. The van der Waals surface area contributed by atoms with Crippen LogP contribution in [0, 0.1) is 11.6 Å². The molecule has 0 N–H and O–H groups in total. The third-order valence-corrected chi connectivity index (χ3v) is 5.51. The van der Waals surface area contributed by atoms with Gasteiger partial charge in [-0.15, -0.1) is 12.4 Å². The molecule has 164 valence electrons. The lowest BCUT2D eigenvalue weighted by molar-refractivity contribution is -0.114. The summed E-state index contributed by atoms with van der Waals surface area (Å²) >= 11 is 1.08. The van der Waals surface area contributed by atoms with Crippen molar-refractivity contribution in [3.05, 3.63) is 53.6 Å². The van der Waals surface area contributed by atoms with E-state index >= 15 is 0 Å². The first-order valence-electron chi connectivity index (χ1n) is 9.20. The van der Waals surface area contributed by atoms with E-state index < -0.39 is 11.6 Å². The van der Waals surface area contributed by atoms with Crippen LogP contribution < -0.4 is 14.4 Å². The van der Waals surface area contributed by atoms with Crippen LogP contribution in [0.25, 0.3) is 16.3 Å². The molecular formula is C21H20ClF2N3O3S. The van der Waals surface area contributed by atoms with E-state index in [0.717, 1.165) is 23.0 Å². The zero-order valence-electron chi connectivity index (χ0n) is 16.8. The SMILES string of the molecule is CN(C)CCN(C(=O)C=Cc1ccc2c(c1)OCO2)c1nc2c(F)cc(F)cc2s1.Cl. The summed E-state index contributed by atoms with van der Waals surface area (Å²) in [5.74, 6) is -0.450. The molecule has 1 aliphatic heterocycles. The maximum absolute atomic E-state index is 14.1. The van der Waals surface area contributed by atoms with Crippen molar-refractivity contribution in [2.24, 2.45) is 0 Å². The topological polar surface area (TPSA) is 54.9 Å². The Bertz CT molecular complexity index is 1140. The monoisotopic (exact) mass is 467 g/mol. The number of halogens is 3. The number of carbonyl (C=O) groups is 1. The Morgan fingerprint density at radius 2 is 1.94 bits per heavy atom. The standard InChI is InChI=1S/C21H19F2N3O3S.ClH/c1-25(2)7-8-26(21-24-20-15(23)10-14(22)11-18(20)30-21)19(27)6-4-13-3-5-16-17(9-13)29-12-28-16;/h3-6,9-11H,7-8,12H2,1-2H3;1H. The number of carbonyl (C=O) groups excluding carboxylic acids is 1. The summed E-state index contributed by atoms with van der Waals surface area (Å²) in [7, 11) is 3.77. The highest BCUT2D eigenvalue weighted by molar-refractivity contribution is 7.22. The summed E-state index contributed by atoms with van der Waals surface area (Å²) in [6.07, 6.45) is 3.09. The summed E-state index contributed by atoms with van der Waals surface area (Å²) < 4.78 is 38.6. The van der Waals surface area contributed by atoms with Crippen LogP contribution in [0.3, 0.4) is 0 Å². The summed E-state index contributed by atoms with van der Waals surface area (Å²) in [6.45, 7) is 1.10. The summed E-state index contributed by atoms with van der Waals surface area (Å²) in [5, 5.41) is 0.316. The number of nitrogens with zero attached hydrogens (tertiary/aromatic N) is 3. The van der Waals surface area contributed by atoms with E-state index in [0.29, 0.717) is 34.4 Å². The van der Waals surface area contributed by atoms with Crippen LogP contribution in [-0.4, -0.2) is 49.8 Å². The van der Waals surface area contributed by atoms with Crippen molar-refractivity contribution < 1.29 is 23.0 Å². The van der Waals surface area contributed by atoms with Crippen molar-refractivity contribution in [3.8, 4) is 11.5 Å². The fraction of sp³-hybridized carbons (Fsp3) is 0.238. The molecule has 0 atom stereocenters. The number of anilines is 1.